The van der Waals surface area contributed by atoms with Crippen LogP contribution in [0.1, 0.15) is 114 Å². The number of nitrogens with one attached hydrogen (secondary N) is 2. The van der Waals surface area contributed by atoms with Crippen molar-refractivity contribution in [2.75, 3.05) is 26.2 Å². The Balaban J connectivity index is 1.76. The normalized spacial score (nSPS) is 21.8. The summed E-state index contributed by atoms with van der Waals surface area (Å²) in [5.41, 5.74) is 6.85. The Labute approximate surface area is 191 Å². The summed E-state index contributed by atoms with van der Waals surface area (Å²) < 4.78 is 0. The lowest BCUT2D eigenvalue weighted by atomic mass is 9.75. The molecule has 0 bridgehead atoms. The molecule has 0 saturated heterocycles. The van der Waals surface area contributed by atoms with Crippen LogP contribution in [0.3, 0.4) is 0 Å². The number of benzene rings is 1. The van der Waals surface area contributed by atoms with E-state index in [9.17, 15) is 0 Å². The van der Waals surface area contributed by atoms with Gasteiger partial charge in [-0.3, -0.25) is 0 Å². The van der Waals surface area contributed by atoms with Crippen molar-refractivity contribution in [1.82, 2.24) is 10.6 Å². The minimum absolute atomic E-state index is 0.108. The zero-order valence-electron chi connectivity index (χ0n) is 20.3. The van der Waals surface area contributed by atoms with Crippen LogP contribution >= 0.6 is 0 Å². The second kappa shape index (κ2) is 11.1. The predicted molar refractivity (Wildman–Crippen MR) is 135 cm³/mol. The summed E-state index contributed by atoms with van der Waals surface area (Å²) in [7, 11) is 0. The number of hydrogen-bond acceptors (Lipinski definition) is 2. The zero-order valence-corrected chi connectivity index (χ0v) is 20.3. The molecule has 0 aromatic heterocycles. The Bertz CT molecular complexity index is 712. The van der Waals surface area contributed by atoms with E-state index in [4.69, 9.17) is 0 Å². The second-order valence-electron chi connectivity index (χ2n) is 10.5. The molecule has 0 atom stereocenters. The van der Waals surface area contributed by atoms with Gasteiger partial charge >= 0.3 is 0 Å². The van der Waals surface area contributed by atoms with Crippen LogP contribution in [0, 0.1) is 5.92 Å². The fourth-order valence-electron chi connectivity index (χ4n) is 6.58. The number of hydrogen-bond donors (Lipinski definition) is 2. The van der Waals surface area contributed by atoms with Gasteiger partial charge in [0.15, 0.2) is 0 Å². The maximum Gasteiger partial charge on any atom is 0.0393 e. The third-order valence-corrected chi connectivity index (χ3v) is 8.18. The molecule has 2 heteroatoms. The van der Waals surface area contributed by atoms with Crippen LogP contribution in [0.5, 0.6) is 0 Å². The quantitative estimate of drug-likeness (QED) is 0.399. The molecule has 2 nitrogen and oxygen atoms in total. The third-order valence-electron chi connectivity index (χ3n) is 8.18. The highest BCUT2D eigenvalue weighted by atomic mass is 14.9. The van der Waals surface area contributed by atoms with Crippen LogP contribution in [0.4, 0.5) is 0 Å². The van der Waals surface area contributed by atoms with Crippen molar-refractivity contribution in [3.8, 4) is 0 Å². The van der Waals surface area contributed by atoms with E-state index >= 15 is 0 Å². The molecule has 0 heterocycles. The van der Waals surface area contributed by atoms with Gasteiger partial charge in [0.1, 0.15) is 0 Å². The third kappa shape index (κ3) is 5.11. The summed E-state index contributed by atoms with van der Waals surface area (Å²) in [6, 6.07) is 7.37. The van der Waals surface area contributed by atoms with Crippen molar-refractivity contribution >= 4 is 5.57 Å². The lowest BCUT2D eigenvalue weighted by Gasteiger charge is -2.32. The van der Waals surface area contributed by atoms with Crippen LogP contribution in [-0.2, 0) is 5.41 Å². The molecule has 3 aliphatic rings. The Morgan fingerprint density at radius 1 is 0.774 bits per heavy atom. The van der Waals surface area contributed by atoms with Crippen LogP contribution in [-0.4, -0.2) is 26.2 Å². The topological polar surface area (TPSA) is 24.1 Å². The van der Waals surface area contributed by atoms with Gasteiger partial charge in [-0.05, 0) is 85.7 Å². The van der Waals surface area contributed by atoms with E-state index in [2.05, 4.69) is 48.8 Å². The van der Waals surface area contributed by atoms with Gasteiger partial charge in [-0.2, -0.15) is 0 Å². The highest BCUT2D eigenvalue weighted by molar-refractivity contribution is 5.81. The van der Waals surface area contributed by atoms with Crippen molar-refractivity contribution in [1.29, 1.82) is 0 Å². The molecule has 2 saturated carbocycles. The standard InChI is InChI=1S/C29H46N2/c1-3-18-30-21-29(22-31-19-4-2)20-26(24-14-9-6-10-15-24)28-25(16-11-17-27(28)29)23-12-7-5-8-13-23/h11,16-17,20,23-24,30-31H,3-10,12-15,18-19,21-22H2,1-2H3. The van der Waals surface area contributed by atoms with Gasteiger partial charge in [0.25, 0.3) is 0 Å². The first-order valence-electron chi connectivity index (χ1n) is 13.6. The lowest BCUT2D eigenvalue weighted by Crippen LogP contribution is -2.44. The first-order chi connectivity index (χ1) is 15.3. The molecule has 0 unspecified atom stereocenters. The Morgan fingerprint density at radius 2 is 1.35 bits per heavy atom. The smallest absolute Gasteiger partial charge is 0.0393 e. The Morgan fingerprint density at radius 3 is 1.94 bits per heavy atom. The minimum Gasteiger partial charge on any atom is -0.315 e. The summed E-state index contributed by atoms with van der Waals surface area (Å²) in [4.78, 5) is 0. The summed E-state index contributed by atoms with van der Waals surface area (Å²) in [6.45, 7) is 8.91. The molecule has 0 aliphatic heterocycles. The molecule has 172 valence electrons. The molecule has 2 fully saturated rings. The fourth-order valence-corrected chi connectivity index (χ4v) is 6.58. The van der Waals surface area contributed by atoms with Gasteiger partial charge in [-0.25, -0.2) is 0 Å². The SMILES string of the molecule is CCCNCC1(CNCCC)C=C(C2CCCCC2)c2c(C3CCCCC3)cccc21. The van der Waals surface area contributed by atoms with E-state index in [0.29, 0.717) is 0 Å². The van der Waals surface area contributed by atoms with E-state index < -0.39 is 0 Å². The molecule has 31 heavy (non-hydrogen) atoms. The largest absolute Gasteiger partial charge is 0.315 e. The van der Waals surface area contributed by atoms with Crippen LogP contribution in [0.15, 0.2) is 24.3 Å². The summed E-state index contributed by atoms with van der Waals surface area (Å²) in [5.74, 6) is 1.55. The van der Waals surface area contributed by atoms with E-state index in [1.807, 2.05) is 0 Å². The van der Waals surface area contributed by atoms with Crippen molar-refractivity contribution in [3.05, 3.63) is 41.0 Å². The highest BCUT2D eigenvalue weighted by Gasteiger charge is 2.41. The van der Waals surface area contributed by atoms with Crippen LogP contribution < -0.4 is 10.6 Å². The predicted octanol–water partition coefficient (Wildman–Crippen LogP) is 6.95. The Hall–Kier alpha value is -1.12. The maximum atomic E-state index is 3.82. The maximum absolute atomic E-state index is 3.82. The molecule has 3 aliphatic carbocycles. The molecule has 1 aromatic carbocycles. The first-order valence-corrected chi connectivity index (χ1v) is 13.6. The van der Waals surface area contributed by atoms with Crippen LogP contribution in [0.25, 0.3) is 5.57 Å². The average Bonchev–Trinajstić information content (AvgIpc) is 3.15. The van der Waals surface area contributed by atoms with Gasteiger partial charge in [-0.15, -0.1) is 0 Å². The van der Waals surface area contributed by atoms with E-state index in [-0.39, 0.29) is 5.41 Å². The van der Waals surface area contributed by atoms with Crippen molar-refractivity contribution in [3.63, 3.8) is 0 Å². The van der Waals surface area contributed by atoms with E-state index in [1.165, 1.54) is 77.0 Å². The van der Waals surface area contributed by atoms with Crippen molar-refractivity contribution < 1.29 is 0 Å². The molecule has 0 amide bonds. The minimum atomic E-state index is 0.108. The van der Waals surface area contributed by atoms with Crippen molar-refractivity contribution in [2.24, 2.45) is 5.92 Å². The molecule has 4 rings (SSSR count). The molecule has 2 N–H and O–H groups in total. The Kier molecular flexibility index (Phi) is 8.29. The van der Waals surface area contributed by atoms with Crippen LogP contribution in [0.2, 0.25) is 0 Å². The van der Waals surface area contributed by atoms with Gasteiger partial charge in [0.05, 0.1) is 0 Å². The fraction of sp³-hybridized carbons (Fsp3) is 0.724. The molecule has 0 radical (unpaired) electrons. The molecular weight excluding hydrogens is 376 g/mol. The lowest BCUT2D eigenvalue weighted by molar-refractivity contribution is 0.425. The summed E-state index contributed by atoms with van der Waals surface area (Å²) in [6.07, 6.45) is 19.3. The summed E-state index contributed by atoms with van der Waals surface area (Å²) in [5, 5.41) is 7.65. The second-order valence-corrected chi connectivity index (χ2v) is 10.5. The van der Waals surface area contributed by atoms with E-state index in [0.717, 1.165) is 38.0 Å². The number of fused-ring (bicyclic) bond motifs is 1. The number of allylic oxidation sites excluding steroid dienone is 1. The molecule has 0 spiro atoms. The van der Waals surface area contributed by atoms with Gasteiger partial charge in [-0.1, -0.05) is 76.6 Å². The van der Waals surface area contributed by atoms with Crippen molar-refractivity contribution in [2.45, 2.75) is 102 Å². The van der Waals surface area contributed by atoms with Gasteiger partial charge in [0, 0.05) is 18.5 Å². The van der Waals surface area contributed by atoms with Gasteiger partial charge in [0.2, 0.25) is 0 Å². The average molecular weight is 423 g/mol. The highest BCUT2D eigenvalue weighted by Crippen LogP contribution is 2.50. The molecule has 1 aromatic rings. The monoisotopic (exact) mass is 422 g/mol. The number of rotatable bonds is 10. The summed E-state index contributed by atoms with van der Waals surface area (Å²) >= 11 is 0. The van der Waals surface area contributed by atoms with E-state index in [1.54, 1.807) is 22.3 Å². The molecular formula is C29H46N2. The zero-order chi connectivity index (χ0) is 21.5. The van der Waals surface area contributed by atoms with Gasteiger partial charge < -0.3 is 10.6 Å². The first kappa shape index (κ1) is 23.1.